The molecule has 3 saturated heterocycles. The highest BCUT2D eigenvalue weighted by atomic mass is 19.1. The number of nitriles is 1. The second kappa shape index (κ2) is 12.0. The highest BCUT2D eigenvalue weighted by Crippen LogP contribution is 2.45. The standard InChI is InChI=1S/C31H43FN6O3/c1-3-28(39)38-16-15-37(19-23(38)10-13-33)29-25-9-12-31(11-8-21-6-7-22(32)17-27(21)41-31)18-26(25)34-30(35-29)40-20-24-5-4-14-36(24)2/h3,6-7,17,23-26,29-30,34-35H,1,4-5,8-12,14-16,18-20H2,2H3/t23?,24?,25?,26?,29?,30?,31-/m1/s1. The van der Waals surface area contributed by atoms with Crippen molar-refractivity contribution in [2.24, 2.45) is 5.92 Å². The maximum Gasteiger partial charge on any atom is 0.246 e. The second-order valence-corrected chi connectivity index (χ2v) is 12.6. The van der Waals surface area contributed by atoms with Crippen molar-refractivity contribution in [3.8, 4) is 11.8 Å². The van der Waals surface area contributed by atoms with Gasteiger partial charge in [0.05, 0.1) is 31.3 Å². The van der Waals surface area contributed by atoms with E-state index in [0.717, 1.165) is 57.2 Å². The van der Waals surface area contributed by atoms with Crippen LogP contribution in [0.25, 0.3) is 0 Å². The Bertz CT molecular complexity index is 1180. The average molecular weight is 567 g/mol. The summed E-state index contributed by atoms with van der Waals surface area (Å²) in [4.78, 5) is 19.1. The number of halogens is 1. The minimum Gasteiger partial charge on any atom is -0.487 e. The molecule has 7 atom stereocenters. The number of ether oxygens (including phenoxy) is 2. The predicted octanol–water partition coefficient (Wildman–Crippen LogP) is 2.58. The van der Waals surface area contributed by atoms with Crippen molar-refractivity contribution in [3.05, 3.63) is 42.2 Å². The number of rotatable bonds is 6. The monoisotopic (exact) mass is 566 g/mol. The van der Waals surface area contributed by atoms with E-state index in [2.05, 4.69) is 40.1 Å². The molecule has 6 rings (SSSR count). The maximum absolute atomic E-state index is 14.1. The number of fused-ring (bicyclic) bond motifs is 2. The summed E-state index contributed by atoms with van der Waals surface area (Å²) in [5, 5.41) is 17.1. The predicted molar refractivity (Wildman–Crippen MR) is 152 cm³/mol. The lowest BCUT2D eigenvalue weighted by Crippen LogP contribution is -2.73. The summed E-state index contributed by atoms with van der Waals surface area (Å²) in [6, 6.07) is 7.56. The van der Waals surface area contributed by atoms with E-state index in [1.165, 1.54) is 24.6 Å². The number of hydrogen-bond acceptors (Lipinski definition) is 8. The van der Waals surface area contributed by atoms with Crippen LogP contribution in [0.3, 0.4) is 0 Å². The number of hydrogen-bond donors (Lipinski definition) is 2. The molecule has 4 fully saturated rings. The van der Waals surface area contributed by atoms with Crippen LogP contribution < -0.4 is 15.4 Å². The van der Waals surface area contributed by atoms with Gasteiger partial charge in [0.2, 0.25) is 5.91 Å². The molecule has 2 N–H and O–H groups in total. The smallest absolute Gasteiger partial charge is 0.246 e. The number of benzene rings is 1. The first-order chi connectivity index (χ1) is 19.9. The number of nitrogens with one attached hydrogen (secondary N) is 2. The molecule has 1 spiro atoms. The van der Waals surface area contributed by atoms with Crippen LogP contribution in [0.4, 0.5) is 4.39 Å². The number of likely N-dealkylation sites (N-methyl/N-ethyl adjacent to an activating group) is 1. The lowest BCUT2D eigenvalue weighted by molar-refractivity contribution is -0.139. The first kappa shape index (κ1) is 28.6. The molecule has 1 amide bonds. The summed E-state index contributed by atoms with van der Waals surface area (Å²) in [6.07, 6.45) is 8.17. The number of amides is 1. The van der Waals surface area contributed by atoms with Crippen LogP contribution in [-0.2, 0) is 16.0 Å². The van der Waals surface area contributed by atoms with Gasteiger partial charge >= 0.3 is 0 Å². The van der Waals surface area contributed by atoms with Crippen LogP contribution in [0.15, 0.2) is 30.9 Å². The van der Waals surface area contributed by atoms with E-state index in [4.69, 9.17) is 9.47 Å². The van der Waals surface area contributed by atoms with Crippen LogP contribution in [-0.4, -0.2) is 96.7 Å². The van der Waals surface area contributed by atoms with E-state index >= 15 is 0 Å². The Kier molecular flexibility index (Phi) is 8.35. The summed E-state index contributed by atoms with van der Waals surface area (Å²) in [5.74, 6) is 0.603. The van der Waals surface area contributed by atoms with Gasteiger partial charge < -0.3 is 19.3 Å². The molecule has 1 aliphatic carbocycles. The van der Waals surface area contributed by atoms with Crippen molar-refractivity contribution in [2.45, 2.75) is 87.6 Å². The Hall–Kier alpha value is -2.55. The highest BCUT2D eigenvalue weighted by Gasteiger charge is 2.51. The van der Waals surface area contributed by atoms with Gasteiger partial charge in [-0.25, -0.2) is 4.39 Å². The van der Waals surface area contributed by atoms with E-state index < -0.39 is 0 Å². The molecule has 1 aromatic rings. The van der Waals surface area contributed by atoms with Gasteiger partial charge in [-0.05, 0) is 69.8 Å². The lowest BCUT2D eigenvalue weighted by atomic mass is 9.70. The number of carbonyl (C=O) groups excluding carboxylic acids is 1. The first-order valence-electron chi connectivity index (χ1n) is 15.2. The molecule has 0 bridgehead atoms. The third-order valence-corrected chi connectivity index (χ3v) is 10.2. The van der Waals surface area contributed by atoms with Gasteiger partial charge in [-0.1, -0.05) is 12.6 Å². The molecule has 5 aliphatic rings. The van der Waals surface area contributed by atoms with Crippen LogP contribution >= 0.6 is 0 Å². The number of carbonyl (C=O) groups is 1. The van der Waals surface area contributed by atoms with E-state index in [1.807, 2.05) is 6.07 Å². The summed E-state index contributed by atoms with van der Waals surface area (Å²) in [7, 11) is 2.16. The Morgan fingerprint density at radius 3 is 2.93 bits per heavy atom. The van der Waals surface area contributed by atoms with Gasteiger partial charge in [-0.2, -0.15) is 5.26 Å². The average Bonchev–Trinajstić information content (AvgIpc) is 3.39. The number of piperazine rings is 1. The zero-order valence-electron chi connectivity index (χ0n) is 24.1. The maximum atomic E-state index is 14.1. The van der Waals surface area contributed by atoms with Crippen molar-refractivity contribution < 1.29 is 18.7 Å². The van der Waals surface area contributed by atoms with Gasteiger partial charge in [0.1, 0.15) is 17.2 Å². The van der Waals surface area contributed by atoms with E-state index in [9.17, 15) is 14.4 Å². The molecule has 1 aromatic carbocycles. The van der Waals surface area contributed by atoms with E-state index in [-0.39, 0.29) is 48.3 Å². The van der Waals surface area contributed by atoms with Crippen molar-refractivity contribution >= 4 is 5.91 Å². The highest BCUT2D eigenvalue weighted by molar-refractivity contribution is 5.87. The minimum atomic E-state index is -0.328. The van der Waals surface area contributed by atoms with E-state index in [0.29, 0.717) is 37.4 Å². The Labute approximate surface area is 242 Å². The number of aryl methyl sites for hydroxylation is 1. The number of likely N-dealkylation sites (tertiary alicyclic amines) is 1. The zero-order chi connectivity index (χ0) is 28.6. The fourth-order valence-electron chi connectivity index (χ4n) is 7.85. The van der Waals surface area contributed by atoms with Crippen molar-refractivity contribution in [1.29, 1.82) is 5.26 Å². The molecule has 41 heavy (non-hydrogen) atoms. The Morgan fingerprint density at radius 1 is 1.27 bits per heavy atom. The summed E-state index contributed by atoms with van der Waals surface area (Å²) >= 11 is 0. The van der Waals surface area contributed by atoms with Crippen LogP contribution in [0.1, 0.15) is 50.5 Å². The minimum absolute atomic E-state index is 0.0420. The van der Waals surface area contributed by atoms with Gasteiger partial charge in [0, 0.05) is 50.1 Å². The van der Waals surface area contributed by atoms with Gasteiger partial charge in [-0.15, -0.1) is 0 Å². The van der Waals surface area contributed by atoms with Gasteiger partial charge in [0.15, 0.2) is 6.35 Å². The Morgan fingerprint density at radius 2 is 2.15 bits per heavy atom. The first-order valence-corrected chi connectivity index (χ1v) is 15.2. The molecular weight excluding hydrogens is 523 g/mol. The molecule has 1 saturated carbocycles. The zero-order valence-corrected chi connectivity index (χ0v) is 24.1. The largest absolute Gasteiger partial charge is 0.487 e. The van der Waals surface area contributed by atoms with Crippen molar-refractivity contribution in [1.82, 2.24) is 25.3 Å². The molecule has 0 aromatic heterocycles. The lowest BCUT2D eigenvalue weighted by Gasteiger charge is -2.55. The van der Waals surface area contributed by atoms with Gasteiger partial charge in [0.25, 0.3) is 0 Å². The molecule has 4 heterocycles. The molecule has 0 radical (unpaired) electrons. The van der Waals surface area contributed by atoms with Crippen molar-refractivity contribution in [3.63, 3.8) is 0 Å². The van der Waals surface area contributed by atoms with Crippen LogP contribution in [0, 0.1) is 23.1 Å². The molecule has 10 heteroatoms. The van der Waals surface area contributed by atoms with Crippen LogP contribution in [0.2, 0.25) is 0 Å². The molecule has 4 aliphatic heterocycles. The molecule has 9 nitrogen and oxygen atoms in total. The Balaban J connectivity index is 1.21. The molecule has 222 valence electrons. The summed E-state index contributed by atoms with van der Waals surface area (Å²) in [5.41, 5.74) is 0.749. The topological polar surface area (TPSA) is 93.1 Å². The second-order valence-electron chi connectivity index (χ2n) is 12.6. The van der Waals surface area contributed by atoms with E-state index in [1.54, 1.807) is 4.90 Å². The third kappa shape index (κ3) is 5.88. The van der Waals surface area contributed by atoms with Gasteiger partial charge in [-0.3, -0.25) is 20.3 Å². The number of nitrogens with zero attached hydrogens (tertiary/aromatic N) is 4. The molecule has 6 unspecified atom stereocenters. The summed E-state index contributed by atoms with van der Waals surface area (Å²) < 4.78 is 27.2. The quantitative estimate of drug-likeness (QED) is 0.508. The van der Waals surface area contributed by atoms with Crippen LogP contribution in [0.5, 0.6) is 5.75 Å². The fraction of sp³-hybridized carbons (Fsp3) is 0.677. The fourth-order valence-corrected chi connectivity index (χ4v) is 7.85. The van der Waals surface area contributed by atoms with Crippen molar-refractivity contribution in [2.75, 3.05) is 39.8 Å². The SMILES string of the molecule is C=CC(=O)N1CCN(C2NC(OCC3CCCN3C)NC3C[C@@]4(CCc5ccc(F)cc5O4)CCC32)CC1CC#N. The normalized spacial score (nSPS) is 35.8. The third-order valence-electron chi connectivity index (χ3n) is 10.2. The summed E-state index contributed by atoms with van der Waals surface area (Å²) in [6.45, 7) is 7.32. The molecular formula is C31H43FN6O3.